The molecule has 0 radical (unpaired) electrons. The lowest BCUT2D eigenvalue weighted by molar-refractivity contribution is -0.257. The van der Waals surface area contributed by atoms with Crippen molar-refractivity contribution in [2.45, 2.75) is 57.7 Å². The number of aliphatic hydroxyl groups excluding tert-OH is 1. The number of hydrogen-bond donors (Lipinski definition) is 3. The standard InChI is InChI=1S/C9H19NO2.H2O4S/c1-8(2)5-7(11)6-9(3,4)10(8)12;1-5(2,3)4/h7,11-12H,5-6H2,1-4H3;(H2,1,2,3,4)/p-1. The van der Waals surface area contributed by atoms with E-state index in [2.05, 4.69) is 0 Å². The number of hydroxylamine groups is 2. The summed E-state index contributed by atoms with van der Waals surface area (Å²) in [6.07, 6.45) is 0.971. The fourth-order valence-electron chi connectivity index (χ4n) is 2.22. The van der Waals surface area contributed by atoms with Gasteiger partial charge in [-0.2, -0.15) is 5.06 Å². The van der Waals surface area contributed by atoms with Gasteiger partial charge in [-0.25, -0.2) is 8.42 Å². The van der Waals surface area contributed by atoms with E-state index >= 15 is 0 Å². The summed E-state index contributed by atoms with van der Waals surface area (Å²) in [6.45, 7) is 7.77. The first-order valence-electron chi connectivity index (χ1n) is 5.11. The third-order valence-electron chi connectivity index (χ3n) is 2.62. The number of nitrogens with zero attached hydrogens (tertiary/aromatic N) is 1. The van der Waals surface area contributed by atoms with Gasteiger partial charge in [0.15, 0.2) is 0 Å². The van der Waals surface area contributed by atoms with Gasteiger partial charge in [0.05, 0.1) is 6.10 Å². The summed E-state index contributed by atoms with van der Waals surface area (Å²) in [5.41, 5.74) is -0.637. The molecule has 1 aliphatic rings. The number of rotatable bonds is 0. The van der Waals surface area contributed by atoms with Gasteiger partial charge in [-0.05, 0) is 40.5 Å². The van der Waals surface area contributed by atoms with Crippen LogP contribution in [0.1, 0.15) is 40.5 Å². The minimum Gasteiger partial charge on any atom is -0.726 e. The minimum atomic E-state index is -4.92. The monoisotopic (exact) mass is 270 g/mol. The molecule has 1 heterocycles. The van der Waals surface area contributed by atoms with Crippen LogP contribution in [-0.2, 0) is 10.4 Å². The average Bonchev–Trinajstić information content (AvgIpc) is 1.94. The van der Waals surface area contributed by atoms with Crippen LogP contribution >= 0.6 is 0 Å². The van der Waals surface area contributed by atoms with E-state index in [0.717, 1.165) is 0 Å². The maximum absolute atomic E-state index is 9.80. The molecule has 0 aliphatic carbocycles. The van der Waals surface area contributed by atoms with Crippen LogP contribution in [0.25, 0.3) is 0 Å². The quantitative estimate of drug-likeness (QED) is 0.430. The lowest BCUT2D eigenvalue weighted by atomic mass is 9.80. The highest BCUT2D eigenvalue weighted by Gasteiger charge is 2.44. The Hall–Kier alpha value is -0.250. The second-order valence-electron chi connectivity index (χ2n) is 5.43. The fraction of sp³-hybridized carbons (Fsp3) is 1.00. The number of hydrogen-bond acceptors (Lipinski definition) is 6. The van der Waals surface area contributed by atoms with Crippen molar-refractivity contribution in [3.05, 3.63) is 0 Å². The van der Waals surface area contributed by atoms with Crippen molar-refractivity contribution in [1.82, 2.24) is 5.06 Å². The molecule has 0 spiro atoms. The molecule has 0 aromatic heterocycles. The second-order valence-corrected chi connectivity index (χ2v) is 6.28. The minimum absolute atomic E-state index is 0.293. The topological polar surface area (TPSA) is 121 Å². The zero-order valence-corrected chi connectivity index (χ0v) is 11.2. The van der Waals surface area contributed by atoms with Crippen molar-refractivity contribution < 1.29 is 27.8 Å². The summed E-state index contributed by atoms with van der Waals surface area (Å²) in [5, 5.41) is 20.7. The van der Waals surface area contributed by atoms with Crippen molar-refractivity contribution in [2.24, 2.45) is 0 Å². The largest absolute Gasteiger partial charge is 0.726 e. The van der Waals surface area contributed by atoms with Crippen molar-refractivity contribution in [2.75, 3.05) is 0 Å². The maximum atomic E-state index is 9.80. The summed E-state index contributed by atoms with van der Waals surface area (Å²) in [4.78, 5) is 0. The normalized spacial score (nSPS) is 24.9. The summed E-state index contributed by atoms with van der Waals surface area (Å²) < 4.78 is 32.8. The molecule has 8 heteroatoms. The Morgan fingerprint density at radius 2 is 1.41 bits per heavy atom. The van der Waals surface area contributed by atoms with E-state index in [1.165, 1.54) is 5.06 Å². The average molecular weight is 270 g/mol. The summed E-state index contributed by atoms with van der Waals surface area (Å²) >= 11 is 0. The Bertz CT molecular complexity index is 324. The van der Waals surface area contributed by atoms with E-state index in [1.54, 1.807) is 0 Å². The van der Waals surface area contributed by atoms with Gasteiger partial charge in [0.25, 0.3) is 0 Å². The Balaban J connectivity index is 0.000000437. The van der Waals surface area contributed by atoms with E-state index in [-0.39, 0.29) is 17.2 Å². The molecule has 7 nitrogen and oxygen atoms in total. The van der Waals surface area contributed by atoms with Gasteiger partial charge >= 0.3 is 0 Å². The lowest BCUT2D eigenvalue weighted by Gasteiger charge is -2.50. The van der Waals surface area contributed by atoms with Gasteiger partial charge in [-0.15, -0.1) is 0 Å². The first-order valence-corrected chi connectivity index (χ1v) is 6.48. The van der Waals surface area contributed by atoms with Gasteiger partial charge in [-0.3, -0.25) is 4.55 Å². The van der Waals surface area contributed by atoms with Crippen LogP contribution in [0.15, 0.2) is 0 Å². The van der Waals surface area contributed by atoms with E-state index in [4.69, 9.17) is 17.5 Å². The van der Waals surface area contributed by atoms with Gasteiger partial charge in [0.1, 0.15) is 0 Å². The Kier molecular flexibility index (Phi) is 5.09. The molecule has 0 aromatic rings. The molecule has 104 valence electrons. The SMILES string of the molecule is CC1(C)CC(O)CC(C)(C)N1O.O=S(=O)([O-])O. The van der Waals surface area contributed by atoms with Crippen LogP contribution in [0.4, 0.5) is 0 Å². The molecule has 0 bridgehead atoms. The molecule has 1 fully saturated rings. The Morgan fingerprint density at radius 3 is 1.65 bits per heavy atom. The van der Waals surface area contributed by atoms with Gasteiger partial charge in [-0.1, -0.05) is 0 Å². The molecule has 0 unspecified atom stereocenters. The van der Waals surface area contributed by atoms with Crippen molar-refractivity contribution in [3.63, 3.8) is 0 Å². The zero-order valence-electron chi connectivity index (χ0n) is 10.4. The predicted molar refractivity (Wildman–Crippen MR) is 59.4 cm³/mol. The van der Waals surface area contributed by atoms with Gasteiger partial charge in [0.2, 0.25) is 10.4 Å². The van der Waals surface area contributed by atoms with Crippen LogP contribution in [0, 0.1) is 0 Å². The summed E-state index contributed by atoms with van der Waals surface area (Å²) in [7, 11) is -4.92. The Labute approximate surface area is 102 Å². The first-order chi connectivity index (χ1) is 7.26. The predicted octanol–water partition coefficient (Wildman–Crippen LogP) is 0.394. The van der Waals surface area contributed by atoms with Crippen molar-refractivity contribution >= 4 is 10.4 Å². The molecule has 17 heavy (non-hydrogen) atoms. The van der Waals surface area contributed by atoms with E-state index in [1.807, 2.05) is 27.7 Å². The first kappa shape index (κ1) is 16.8. The van der Waals surface area contributed by atoms with Crippen LogP contribution in [-0.4, -0.2) is 50.1 Å². The number of aliphatic hydroxyl groups is 1. The van der Waals surface area contributed by atoms with Crippen LogP contribution < -0.4 is 0 Å². The van der Waals surface area contributed by atoms with Gasteiger partial charge in [0, 0.05) is 11.1 Å². The molecule has 3 N–H and O–H groups in total. The van der Waals surface area contributed by atoms with Crippen molar-refractivity contribution in [3.8, 4) is 0 Å². The molecular weight excluding hydrogens is 250 g/mol. The van der Waals surface area contributed by atoms with Crippen molar-refractivity contribution in [1.29, 1.82) is 0 Å². The molecule has 0 saturated carbocycles. The summed E-state index contributed by atoms with van der Waals surface area (Å²) in [6, 6.07) is 0. The highest BCUT2D eigenvalue weighted by molar-refractivity contribution is 7.79. The van der Waals surface area contributed by atoms with E-state index in [9.17, 15) is 10.3 Å². The smallest absolute Gasteiger partial charge is 0.215 e. The highest BCUT2D eigenvalue weighted by Crippen LogP contribution is 2.36. The maximum Gasteiger partial charge on any atom is 0.215 e. The number of piperidine rings is 1. The van der Waals surface area contributed by atoms with Gasteiger partial charge < -0.3 is 14.9 Å². The zero-order chi connectivity index (χ0) is 14.1. The third kappa shape index (κ3) is 6.29. The van der Waals surface area contributed by atoms with Crippen LogP contribution in [0.2, 0.25) is 0 Å². The lowest BCUT2D eigenvalue weighted by Crippen LogP contribution is -2.60. The molecule has 1 saturated heterocycles. The van der Waals surface area contributed by atoms with Crippen LogP contribution in [0.3, 0.4) is 0 Å². The molecule has 0 aromatic carbocycles. The molecule has 1 rings (SSSR count). The Morgan fingerprint density at radius 1 is 1.18 bits per heavy atom. The molecular formula is C9H20NO6S-. The van der Waals surface area contributed by atoms with Crippen LogP contribution in [0.5, 0.6) is 0 Å². The molecule has 0 atom stereocenters. The molecule has 0 amide bonds. The molecule has 1 aliphatic heterocycles. The van der Waals surface area contributed by atoms with E-state index < -0.39 is 10.4 Å². The van der Waals surface area contributed by atoms with E-state index in [0.29, 0.717) is 12.8 Å². The highest BCUT2D eigenvalue weighted by atomic mass is 32.3. The third-order valence-corrected chi connectivity index (χ3v) is 2.62. The summed E-state index contributed by atoms with van der Waals surface area (Å²) in [5.74, 6) is 0. The second kappa shape index (κ2) is 5.17. The fourth-order valence-corrected chi connectivity index (χ4v) is 2.22.